The molecule has 138 valence electrons. The van der Waals surface area contributed by atoms with E-state index in [9.17, 15) is 14.7 Å². The molecule has 0 saturated carbocycles. The molecule has 0 radical (unpaired) electrons. The molecule has 1 heterocycles. The molecule has 0 saturated heterocycles. The van der Waals surface area contributed by atoms with Gasteiger partial charge in [-0.3, -0.25) is 9.59 Å². The number of carboxylic acids is 1. The first-order chi connectivity index (χ1) is 12.1. The summed E-state index contributed by atoms with van der Waals surface area (Å²) in [6.07, 6.45) is 12.0. The van der Waals surface area contributed by atoms with Gasteiger partial charge in [0, 0.05) is 10.8 Å². The van der Waals surface area contributed by atoms with Crippen LogP contribution in [-0.2, 0) is 4.79 Å². The topological polar surface area (TPSA) is 54.4 Å². The summed E-state index contributed by atoms with van der Waals surface area (Å²) in [5, 5.41) is 9.55. The molecule has 0 unspecified atom stereocenters. The SMILES string of the molecule is CCCCCCCCCCC[C@@H]1SC(=O)c2ccccc2[C@H]1C(=O)O. The summed E-state index contributed by atoms with van der Waals surface area (Å²) in [5.41, 5.74) is 1.27. The van der Waals surface area contributed by atoms with Gasteiger partial charge in [0.2, 0.25) is 5.12 Å². The summed E-state index contributed by atoms with van der Waals surface area (Å²) < 4.78 is 0. The standard InChI is InChI=1S/C21H30O3S/c1-2-3-4-5-6-7-8-9-10-15-18-19(20(22)23)16-13-11-12-14-17(16)21(24)25-18/h11-14,18-19H,2-10,15H2,1H3,(H,22,23)/t18-,19+/m0/s1. The van der Waals surface area contributed by atoms with Crippen LogP contribution in [-0.4, -0.2) is 21.4 Å². The Morgan fingerprint density at radius 1 is 1.00 bits per heavy atom. The lowest BCUT2D eigenvalue weighted by molar-refractivity contribution is -0.138. The molecular formula is C21H30O3S. The fourth-order valence-electron chi connectivity index (χ4n) is 3.60. The minimum atomic E-state index is -0.812. The number of hydrogen-bond donors (Lipinski definition) is 1. The Labute approximate surface area is 155 Å². The van der Waals surface area contributed by atoms with Gasteiger partial charge in [0.25, 0.3) is 0 Å². The fourth-order valence-corrected chi connectivity index (χ4v) is 4.87. The molecule has 0 aliphatic carbocycles. The number of benzene rings is 1. The predicted molar refractivity (Wildman–Crippen MR) is 104 cm³/mol. The molecule has 1 aromatic carbocycles. The second kappa shape index (κ2) is 10.6. The van der Waals surface area contributed by atoms with E-state index in [1.54, 1.807) is 18.2 Å². The molecule has 2 atom stereocenters. The molecule has 4 heteroatoms. The third-order valence-corrected chi connectivity index (χ3v) is 6.25. The van der Waals surface area contributed by atoms with Gasteiger partial charge >= 0.3 is 5.97 Å². The Balaban J connectivity index is 1.78. The van der Waals surface area contributed by atoms with Crippen LogP contribution in [0.5, 0.6) is 0 Å². The van der Waals surface area contributed by atoms with Gasteiger partial charge in [-0.05, 0) is 12.0 Å². The highest BCUT2D eigenvalue weighted by Crippen LogP contribution is 2.41. The van der Waals surface area contributed by atoms with Gasteiger partial charge in [0.15, 0.2) is 0 Å². The average molecular weight is 363 g/mol. The first-order valence-electron chi connectivity index (χ1n) is 9.68. The van der Waals surface area contributed by atoms with Crippen LogP contribution >= 0.6 is 11.8 Å². The quantitative estimate of drug-likeness (QED) is 0.488. The van der Waals surface area contributed by atoms with E-state index in [-0.39, 0.29) is 10.4 Å². The molecule has 0 spiro atoms. The van der Waals surface area contributed by atoms with Crippen molar-refractivity contribution in [2.75, 3.05) is 0 Å². The summed E-state index contributed by atoms with van der Waals surface area (Å²) in [5.74, 6) is -1.37. The summed E-state index contributed by atoms with van der Waals surface area (Å²) in [4.78, 5) is 24.1. The number of carbonyl (C=O) groups is 2. The maximum Gasteiger partial charge on any atom is 0.312 e. The van der Waals surface area contributed by atoms with Crippen LogP contribution in [0.4, 0.5) is 0 Å². The second-order valence-corrected chi connectivity index (χ2v) is 8.18. The van der Waals surface area contributed by atoms with Crippen molar-refractivity contribution in [3.05, 3.63) is 35.4 Å². The first kappa shape index (κ1) is 20.0. The Morgan fingerprint density at radius 2 is 1.60 bits per heavy atom. The molecule has 1 aliphatic rings. The predicted octanol–water partition coefficient (Wildman–Crippen LogP) is 6.03. The van der Waals surface area contributed by atoms with Crippen molar-refractivity contribution in [3.63, 3.8) is 0 Å². The lowest BCUT2D eigenvalue weighted by Crippen LogP contribution is -2.30. The van der Waals surface area contributed by atoms with E-state index in [0.29, 0.717) is 11.1 Å². The van der Waals surface area contributed by atoms with E-state index in [1.165, 1.54) is 56.7 Å². The van der Waals surface area contributed by atoms with Crippen molar-refractivity contribution in [1.82, 2.24) is 0 Å². The van der Waals surface area contributed by atoms with Crippen molar-refractivity contribution in [1.29, 1.82) is 0 Å². The first-order valence-corrected chi connectivity index (χ1v) is 10.6. The van der Waals surface area contributed by atoms with Gasteiger partial charge in [-0.15, -0.1) is 0 Å². The molecule has 0 bridgehead atoms. The highest BCUT2D eigenvalue weighted by molar-refractivity contribution is 8.14. The molecule has 0 amide bonds. The minimum absolute atomic E-state index is 0.0222. The smallest absolute Gasteiger partial charge is 0.312 e. The van der Waals surface area contributed by atoms with Crippen molar-refractivity contribution in [2.45, 2.75) is 82.3 Å². The maximum absolute atomic E-state index is 12.3. The number of carboxylic acid groups (broad SMARTS) is 1. The highest BCUT2D eigenvalue weighted by atomic mass is 32.2. The lowest BCUT2D eigenvalue weighted by Gasteiger charge is -2.29. The number of fused-ring (bicyclic) bond motifs is 1. The van der Waals surface area contributed by atoms with Crippen molar-refractivity contribution in [3.8, 4) is 0 Å². The zero-order chi connectivity index (χ0) is 18.1. The second-order valence-electron chi connectivity index (χ2n) is 6.96. The molecular weight excluding hydrogens is 332 g/mol. The molecule has 1 N–H and O–H groups in total. The Morgan fingerprint density at radius 3 is 2.24 bits per heavy atom. The minimum Gasteiger partial charge on any atom is -0.481 e. The Hall–Kier alpha value is -1.29. The zero-order valence-electron chi connectivity index (χ0n) is 15.2. The van der Waals surface area contributed by atoms with E-state index in [0.717, 1.165) is 19.3 Å². The van der Waals surface area contributed by atoms with Gasteiger partial charge in [-0.25, -0.2) is 0 Å². The number of aliphatic carboxylic acids is 1. The van der Waals surface area contributed by atoms with Gasteiger partial charge in [0.1, 0.15) is 0 Å². The van der Waals surface area contributed by atoms with Crippen LogP contribution < -0.4 is 0 Å². The summed E-state index contributed by atoms with van der Waals surface area (Å²) in [6, 6.07) is 7.18. The Bertz CT molecular complexity index is 570. The molecule has 3 nitrogen and oxygen atoms in total. The zero-order valence-corrected chi connectivity index (χ0v) is 16.0. The molecule has 25 heavy (non-hydrogen) atoms. The summed E-state index contributed by atoms with van der Waals surface area (Å²) in [6.45, 7) is 2.23. The largest absolute Gasteiger partial charge is 0.481 e. The van der Waals surface area contributed by atoms with Crippen LogP contribution in [0, 0.1) is 0 Å². The van der Waals surface area contributed by atoms with E-state index in [4.69, 9.17) is 0 Å². The Kier molecular flexibility index (Phi) is 8.53. The number of thioether (sulfide) groups is 1. The molecule has 1 aromatic rings. The summed E-state index contributed by atoms with van der Waals surface area (Å²) in [7, 11) is 0. The number of rotatable bonds is 11. The van der Waals surface area contributed by atoms with Crippen LogP contribution in [0.15, 0.2) is 24.3 Å². The van der Waals surface area contributed by atoms with Crippen LogP contribution in [0.1, 0.15) is 93.0 Å². The maximum atomic E-state index is 12.3. The van der Waals surface area contributed by atoms with Gasteiger partial charge in [-0.1, -0.05) is 101 Å². The third-order valence-electron chi connectivity index (χ3n) is 5.00. The molecule has 1 aliphatic heterocycles. The monoisotopic (exact) mass is 362 g/mol. The highest BCUT2D eigenvalue weighted by Gasteiger charge is 2.38. The lowest BCUT2D eigenvalue weighted by atomic mass is 9.88. The number of hydrogen-bond acceptors (Lipinski definition) is 3. The fraction of sp³-hybridized carbons (Fsp3) is 0.619. The van der Waals surface area contributed by atoms with E-state index in [1.807, 2.05) is 6.07 Å². The van der Waals surface area contributed by atoms with E-state index in [2.05, 4.69) is 6.92 Å². The van der Waals surface area contributed by atoms with Gasteiger partial charge < -0.3 is 5.11 Å². The van der Waals surface area contributed by atoms with Crippen LogP contribution in [0.25, 0.3) is 0 Å². The van der Waals surface area contributed by atoms with E-state index >= 15 is 0 Å². The molecule has 0 aromatic heterocycles. The number of carbonyl (C=O) groups excluding carboxylic acids is 1. The van der Waals surface area contributed by atoms with Crippen molar-refractivity contribution >= 4 is 22.8 Å². The average Bonchev–Trinajstić information content (AvgIpc) is 2.60. The molecule has 2 rings (SSSR count). The van der Waals surface area contributed by atoms with Gasteiger partial charge in [0.05, 0.1) is 5.92 Å². The summed E-state index contributed by atoms with van der Waals surface area (Å²) >= 11 is 1.22. The van der Waals surface area contributed by atoms with E-state index < -0.39 is 11.9 Å². The van der Waals surface area contributed by atoms with Crippen LogP contribution in [0.3, 0.4) is 0 Å². The normalized spacial score (nSPS) is 19.6. The van der Waals surface area contributed by atoms with Crippen LogP contribution in [0.2, 0.25) is 0 Å². The van der Waals surface area contributed by atoms with Gasteiger partial charge in [-0.2, -0.15) is 0 Å². The third kappa shape index (κ3) is 5.88. The number of unbranched alkanes of at least 4 members (excludes halogenated alkanes) is 8. The van der Waals surface area contributed by atoms with Crippen molar-refractivity contribution < 1.29 is 14.7 Å². The van der Waals surface area contributed by atoms with Crippen molar-refractivity contribution in [2.24, 2.45) is 0 Å². The molecule has 0 fully saturated rings.